The van der Waals surface area contributed by atoms with Gasteiger partial charge in [-0.2, -0.15) is 0 Å². The molecule has 0 unspecified atom stereocenters. The van der Waals surface area contributed by atoms with Crippen LogP contribution in [-0.2, 0) is 25.8 Å². The average molecular weight is 435 g/mol. The van der Waals surface area contributed by atoms with Crippen molar-refractivity contribution in [3.63, 3.8) is 0 Å². The van der Waals surface area contributed by atoms with Gasteiger partial charge >= 0.3 is 5.97 Å². The molecule has 0 saturated carbocycles. The molecule has 2 rings (SSSR count). The van der Waals surface area contributed by atoms with Crippen LogP contribution >= 0.6 is 23.2 Å². The molecular formula is C21H20Cl2N2O4. The quantitative estimate of drug-likeness (QED) is 0.335. The van der Waals surface area contributed by atoms with E-state index in [-0.39, 0.29) is 16.8 Å². The first-order chi connectivity index (χ1) is 14.0. The van der Waals surface area contributed by atoms with Gasteiger partial charge in [0.1, 0.15) is 18.2 Å². The van der Waals surface area contributed by atoms with Crippen LogP contribution in [0.1, 0.15) is 29.2 Å². The molecule has 152 valence electrons. The summed E-state index contributed by atoms with van der Waals surface area (Å²) in [6.45, 7) is 1.95. The highest BCUT2D eigenvalue weighted by Gasteiger charge is 2.19. The standard InChI is InChI=1S/C21H20Cl2N2O4/c1-14(16-9-6-7-15(11-16)12-19(22)23)24-29-13-17-8-4-5-10-18(17)20(25-28-3)21(26)27-2/h4-12H,13H2,1-3H3/b24-14?,25-20+. The van der Waals surface area contributed by atoms with E-state index in [1.54, 1.807) is 18.2 Å². The van der Waals surface area contributed by atoms with E-state index >= 15 is 0 Å². The van der Waals surface area contributed by atoms with E-state index in [0.717, 1.165) is 11.1 Å². The van der Waals surface area contributed by atoms with E-state index in [4.69, 9.17) is 37.6 Å². The normalized spacial score (nSPS) is 11.6. The summed E-state index contributed by atoms with van der Waals surface area (Å²) in [5.74, 6) is -0.609. The number of benzene rings is 2. The van der Waals surface area contributed by atoms with Crippen LogP contribution in [0.3, 0.4) is 0 Å². The summed E-state index contributed by atoms with van der Waals surface area (Å²) >= 11 is 11.4. The Morgan fingerprint density at radius 1 is 1.07 bits per heavy atom. The molecule has 6 nitrogen and oxygen atoms in total. The molecule has 0 aromatic heterocycles. The van der Waals surface area contributed by atoms with Gasteiger partial charge in [-0.05, 0) is 30.2 Å². The molecule has 0 aliphatic carbocycles. The van der Waals surface area contributed by atoms with Crippen molar-refractivity contribution in [3.8, 4) is 0 Å². The largest absolute Gasteiger partial charge is 0.464 e. The van der Waals surface area contributed by atoms with Crippen LogP contribution < -0.4 is 0 Å². The highest BCUT2D eigenvalue weighted by Crippen LogP contribution is 2.16. The number of oxime groups is 2. The van der Waals surface area contributed by atoms with Gasteiger partial charge in [-0.1, -0.05) is 76.0 Å². The summed E-state index contributed by atoms with van der Waals surface area (Å²) in [6.07, 6.45) is 1.64. The summed E-state index contributed by atoms with van der Waals surface area (Å²) in [7, 11) is 2.64. The molecule has 0 fully saturated rings. The van der Waals surface area contributed by atoms with Gasteiger partial charge in [-0.25, -0.2) is 4.79 Å². The van der Waals surface area contributed by atoms with Crippen molar-refractivity contribution in [1.82, 2.24) is 0 Å². The molecule has 2 aromatic rings. The number of hydrogen-bond acceptors (Lipinski definition) is 6. The number of esters is 1. The predicted octanol–water partition coefficient (Wildman–Crippen LogP) is 4.93. The smallest absolute Gasteiger partial charge is 0.360 e. The van der Waals surface area contributed by atoms with Crippen molar-refractivity contribution >= 4 is 46.7 Å². The van der Waals surface area contributed by atoms with Gasteiger partial charge in [0.25, 0.3) is 0 Å². The van der Waals surface area contributed by atoms with E-state index in [9.17, 15) is 4.79 Å². The Morgan fingerprint density at radius 3 is 2.52 bits per heavy atom. The van der Waals surface area contributed by atoms with Gasteiger partial charge in [-0.15, -0.1) is 0 Å². The minimum atomic E-state index is -0.609. The number of carbonyl (C=O) groups excluding carboxylic acids is 1. The second-order valence-corrected chi connectivity index (χ2v) is 6.79. The number of rotatable bonds is 8. The van der Waals surface area contributed by atoms with Crippen molar-refractivity contribution in [2.75, 3.05) is 14.2 Å². The summed E-state index contributed by atoms with van der Waals surface area (Å²) in [4.78, 5) is 22.3. The van der Waals surface area contributed by atoms with E-state index in [2.05, 4.69) is 10.3 Å². The molecule has 2 aromatic carbocycles. The molecule has 0 N–H and O–H groups in total. The fourth-order valence-electron chi connectivity index (χ4n) is 2.49. The van der Waals surface area contributed by atoms with Crippen LogP contribution in [0, 0.1) is 0 Å². The van der Waals surface area contributed by atoms with E-state index in [1.807, 2.05) is 43.3 Å². The fourth-order valence-corrected chi connectivity index (χ4v) is 2.74. The van der Waals surface area contributed by atoms with Gasteiger partial charge in [0, 0.05) is 11.1 Å². The van der Waals surface area contributed by atoms with E-state index in [0.29, 0.717) is 16.8 Å². The maximum atomic E-state index is 12.0. The monoisotopic (exact) mass is 434 g/mol. The molecule has 0 spiro atoms. The fraction of sp³-hybridized carbons (Fsp3) is 0.190. The zero-order valence-corrected chi connectivity index (χ0v) is 17.7. The van der Waals surface area contributed by atoms with Crippen molar-refractivity contribution < 1.29 is 19.2 Å². The Bertz CT molecular complexity index is 951. The number of ether oxygens (including phenoxy) is 1. The third-order valence-electron chi connectivity index (χ3n) is 3.84. The van der Waals surface area contributed by atoms with Crippen LogP contribution in [0.25, 0.3) is 6.08 Å². The van der Waals surface area contributed by atoms with Gasteiger partial charge in [0.05, 0.1) is 12.8 Å². The Morgan fingerprint density at radius 2 is 1.83 bits per heavy atom. The number of halogens is 2. The summed E-state index contributed by atoms with van der Waals surface area (Å²) in [5, 5.41) is 7.94. The summed E-state index contributed by atoms with van der Waals surface area (Å²) in [5.41, 5.74) is 3.67. The zero-order chi connectivity index (χ0) is 21.2. The second-order valence-electron chi connectivity index (χ2n) is 5.78. The Kier molecular flexibility index (Phi) is 8.70. The number of nitrogens with zero attached hydrogens (tertiary/aromatic N) is 2. The maximum absolute atomic E-state index is 12.0. The second kappa shape index (κ2) is 11.2. The Balaban J connectivity index is 2.19. The van der Waals surface area contributed by atoms with Crippen LogP contribution in [0.15, 0.2) is 63.3 Å². The molecule has 0 atom stereocenters. The molecule has 0 aliphatic rings. The lowest BCUT2D eigenvalue weighted by atomic mass is 10.0. The first-order valence-corrected chi connectivity index (χ1v) is 9.29. The van der Waals surface area contributed by atoms with Crippen molar-refractivity contribution in [1.29, 1.82) is 0 Å². The lowest BCUT2D eigenvalue weighted by Crippen LogP contribution is -2.19. The maximum Gasteiger partial charge on any atom is 0.360 e. The van der Waals surface area contributed by atoms with Gasteiger partial charge in [-0.3, -0.25) is 0 Å². The van der Waals surface area contributed by atoms with Crippen molar-refractivity contribution in [2.45, 2.75) is 13.5 Å². The number of methoxy groups -OCH3 is 1. The molecule has 0 bridgehead atoms. The van der Waals surface area contributed by atoms with Gasteiger partial charge in [0.2, 0.25) is 0 Å². The SMILES string of the molecule is CO/N=C(/C(=O)OC)c1ccccc1CON=C(C)c1cccc(C=C(Cl)Cl)c1. The highest BCUT2D eigenvalue weighted by molar-refractivity contribution is 6.57. The lowest BCUT2D eigenvalue weighted by molar-refractivity contribution is -0.132. The van der Waals surface area contributed by atoms with Gasteiger partial charge < -0.3 is 14.4 Å². The molecule has 8 heteroatoms. The first-order valence-electron chi connectivity index (χ1n) is 8.53. The highest BCUT2D eigenvalue weighted by atomic mass is 35.5. The van der Waals surface area contributed by atoms with E-state index in [1.165, 1.54) is 14.2 Å². The molecule has 0 heterocycles. The lowest BCUT2D eigenvalue weighted by Gasteiger charge is -2.10. The van der Waals surface area contributed by atoms with Crippen LogP contribution in [-0.4, -0.2) is 31.6 Å². The van der Waals surface area contributed by atoms with Gasteiger partial charge in [0.15, 0.2) is 5.71 Å². The van der Waals surface area contributed by atoms with Crippen molar-refractivity contribution in [3.05, 3.63) is 75.3 Å². The van der Waals surface area contributed by atoms with E-state index < -0.39 is 5.97 Å². The minimum Gasteiger partial charge on any atom is -0.464 e. The number of hydrogen-bond donors (Lipinski definition) is 0. The summed E-state index contributed by atoms with van der Waals surface area (Å²) in [6, 6.07) is 14.7. The van der Waals surface area contributed by atoms with Crippen molar-refractivity contribution in [2.24, 2.45) is 10.3 Å². The molecular weight excluding hydrogens is 415 g/mol. The van der Waals surface area contributed by atoms with Crippen LogP contribution in [0.4, 0.5) is 0 Å². The zero-order valence-electron chi connectivity index (χ0n) is 16.2. The topological polar surface area (TPSA) is 69.5 Å². The molecule has 0 amide bonds. The predicted molar refractivity (Wildman–Crippen MR) is 115 cm³/mol. The van der Waals surface area contributed by atoms with Crippen LogP contribution in [0.5, 0.6) is 0 Å². The summed E-state index contributed by atoms with van der Waals surface area (Å²) < 4.78 is 4.94. The molecule has 0 saturated heterocycles. The molecule has 0 aliphatic heterocycles. The first kappa shape index (κ1) is 22.5. The number of carbonyl (C=O) groups is 1. The third-order valence-corrected chi connectivity index (χ3v) is 4.05. The average Bonchev–Trinajstić information content (AvgIpc) is 2.71. The Hall–Kier alpha value is -2.83. The molecule has 0 radical (unpaired) electrons. The Labute approximate surface area is 179 Å². The minimum absolute atomic E-state index is 0.0485. The van der Waals surface area contributed by atoms with Crippen LogP contribution in [0.2, 0.25) is 0 Å². The third kappa shape index (κ3) is 6.62. The molecule has 29 heavy (non-hydrogen) atoms.